The van der Waals surface area contributed by atoms with Crippen molar-refractivity contribution in [2.24, 2.45) is 0 Å². The smallest absolute Gasteiger partial charge is 0.271 e. The summed E-state index contributed by atoms with van der Waals surface area (Å²) in [6, 6.07) is 17.3. The molecule has 5 rings (SSSR count). The summed E-state index contributed by atoms with van der Waals surface area (Å²) in [6.07, 6.45) is 6.61. The van der Waals surface area contributed by atoms with Crippen molar-refractivity contribution in [3.05, 3.63) is 115 Å². The van der Waals surface area contributed by atoms with Crippen molar-refractivity contribution in [2.75, 3.05) is 38.9 Å². The SMILES string of the molecule is CCCCOc1c2cc(C(C)(C)C)cc1Cc1cc(C(C)(C)C)cc(c1OCC(=O)NS(C)(=O)=O)Cc1cc(C(C)(C)C)cc(c1OCCCC)Cc1cc(C(C)(C)C)cc(c1OCC(=O)NS(C)(=O)=O)C2. The van der Waals surface area contributed by atoms with Gasteiger partial charge in [0.05, 0.1) is 25.7 Å². The standard InChI is InChI=1S/C58H82N2O10S2/c1-17-19-21-67-51-37-23-41-31-47(57(9,10)11)33-43(53(41)69-35-49(61)59-71(15,63)64)25-39-29-46(56(6,7)8)30-40(52(39)68-22-20-18-2)26-44-34-48(58(12,13)14)32-42(24-38(51)28-45(27-37)55(3,4)5)54(44)70-36-50(62)60-72(16,65)66/h27-34H,17-26,35-36H2,1-16H3,(H,59,61)(H,60,62). The lowest BCUT2D eigenvalue weighted by Gasteiger charge is -2.29. The van der Waals surface area contributed by atoms with Gasteiger partial charge in [0, 0.05) is 25.7 Å². The van der Waals surface area contributed by atoms with Gasteiger partial charge in [0.1, 0.15) is 23.0 Å². The van der Waals surface area contributed by atoms with E-state index in [1.54, 1.807) is 0 Å². The van der Waals surface area contributed by atoms with E-state index in [1.165, 1.54) is 0 Å². The third-order valence-corrected chi connectivity index (χ3v) is 13.9. The number of hydrogen-bond donors (Lipinski definition) is 2. The number of fused-ring (bicyclic) bond motifs is 8. The molecule has 0 saturated carbocycles. The van der Waals surface area contributed by atoms with Gasteiger partial charge in [0.2, 0.25) is 20.0 Å². The highest BCUT2D eigenvalue weighted by molar-refractivity contribution is 7.89. The molecule has 0 unspecified atom stereocenters. The number of benzene rings is 4. The molecule has 0 saturated heterocycles. The van der Waals surface area contributed by atoms with E-state index in [1.807, 2.05) is 0 Å². The third-order valence-electron chi connectivity index (χ3n) is 12.7. The quantitative estimate of drug-likeness (QED) is 0.0910. The first kappa shape index (κ1) is 57.8. The maximum atomic E-state index is 13.3. The van der Waals surface area contributed by atoms with Crippen LogP contribution in [0.3, 0.4) is 0 Å². The minimum Gasteiger partial charge on any atom is -0.493 e. The Balaban J connectivity index is 2.03. The predicted molar refractivity (Wildman–Crippen MR) is 290 cm³/mol. The van der Waals surface area contributed by atoms with Crippen LogP contribution >= 0.6 is 0 Å². The van der Waals surface area contributed by atoms with Crippen LogP contribution in [0.25, 0.3) is 0 Å². The van der Waals surface area contributed by atoms with Crippen LogP contribution in [0.15, 0.2) is 48.5 Å². The molecule has 0 spiro atoms. The van der Waals surface area contributed by atoms with Gasteiger partial charge in [-0.15, -0.1) is 0 Å². The number of carbonyl (C=O) groups excluding carboxylic acids is 2. The second-order valence-electron chi connectivity index (χ2n) is 23.8. The van der Waals surface area contributed by atoms with Gasteiger partial charge in [-0.1, -0.05) is 158 Å². The summed E-state index contributed by atoms with van der Waals surface area (Å²) >= 11 is 0. The van der Waals surface area contributed by atoms with Crippen molar-refractivity contribution >= 4 is 31.9 Å². The number of hydrogen-bond acceptors (Lipinski definition) is 10. The van der Waals surface area contributed by atoms with Crippen LogP contribution in [-0.2, 0) is 77.0 Å². The molecule has 0 fully saturated rings. The van der Waals surface area contributed by atoms with Gasteiger partial charge < -0.3 is 18.9 Å². The topological polar surface area (TPSA) is 163 Å². The molecule has 1 aliphatic rings. The summed E-state index contributed by atoms with van der Waals surface area (Å²) in [7, 11) is -7.74. The molecule has 0 atom stereocenters. The average molecular weight is 1030 g/mol. The zero-order valence-corrected chi connectivity index (χ0v) is 47.6. The second kappa shape index (κ2) is 22.6. The Bertz CT molecular complexity index is 2570. The van der Waals surface area contributed by atoms with E-state index in [9.17, 15) is 26.4 Å². The van der Waals surface area contributed by atoms with Crippen LogP contribution in [0.1, 0.15) is 189 Å². The largest absolute Gasteiger partial charge is 0.493 e. The number of rotatable bonds is 16. The molecule has 0 heterocycles. The second-order valence-corrected chi connectivity index (χ2v) is 27.3. The van der Waals surface area contributed by atoms with E-state index in [2.05, 4.69) is 155 Å². The Morgan fingerprint density at radius 1 is 0.417 bits per heavy atom. The van der Waals surface area contributed by atoms with E-state index >= 15 is 0 Å². The first-order valence-electron chi connectivity index (χ1n) is 25.3. The molecule has 72 heavy (non-hydrogen) atoms. The van der Waals surface area contributed by atoms with Gasteiger partial charge in [-0.25, -0.2) is 16.8 Å². The van der Waals surface area contributed by atoms with Crippen LogP contribution in [0.5, 0.6) is 23.0 Å². The first-order chi connectivity index (χ1) is 33.2. The number of nitrogens with one attached hydrogen (secondary N) is 2. The van der Waals surface area contributed by atoms with Crippen LogP contribution < -0.4 is 28.4 Å². The molecule has 4 aromatic rings. The average Bonchev–Trinajstić information content (AvgIpc) is 3.21. The summed E-state index contributed by atoms with van der Waals surface area (Å²) in [5, 5.41) is 0. The molecule has 12 nitrogen and oxygen atoms in total. The Kier molecular flexibility index (Phi) is 18.1. The summed E-state index contributed by atoms with van der Waals surface area (Å²) in [6.45, 7) is 30.0. The van der Waals surface area contributed by atoms with E-state index in [4.69, 9.17) is 18.9 Å². The highest BCUT2D eigenvalue weighted by Gasteiger charge is 2.30. The molecule has 396 valence electrons. The Labute approximate surface area is 431 Å². The van der Waals surface area contributed by atoms with Gasteiger partial charge in [-0.2, -0.15) is 0 Å². The zero-order chi connectivity index (χ0) is 53.8. The number of ether oxygens (including phenoxy) is 4. The molecule has 14 heteroatoms. The molecular formula is C58H82N2O10S2. The van der Waals surface area contributed by atoms with Crippen molar-refractivity contribution in [3.63, 3.8) is 0 Å². The number of carbonyl (C=O) groups is 2. The lowest BCUT2D eigenvalue weighted by Crippen LogP contribution is -2.33. The lowest BCUT2D eigenvalue weighted by atomic mass is 9.79. The maximum absolute atomic E-state index is 13.3. The van der Waals surface area contributed by atoms with Crippen molar-refractivity contribution in [1.29, 1.82) is 0 Å². The number of sulfonamides is 2. The Morgan fingerprint density at radius 2 is 0.625 bits per heavy atom. The highest BCUT2D eigenvalue weighted by atomic mass is 32.2. The normalized spacial score (nSPS) is 13.6. The van der Waals surface area contributed by atoms with Gasteiger partial charge in [-0.05, 0) is 101 Å². The monoisotopic (exact) mass is 1030 g/mol. The molecule has 1 aliphatic carbocycles. The van der Waals surface area contributed by atoms with Crippen LogP contribution in [0.2, 0.25) is 0 Å². The van der Waals surface area contributed by atoms with E-state index in [0.717, 1.165) is 105 Å². The van der Waals surface area contributed by atoms with Gasteiger partial charge >= 0.3 is 0 Å². The van der Waals surface area contributed by atoms with Crippen molar-refractivity contribution in [2.45, 2.75) is 170 Å². The maximum Gasteiger partial charge on any atom is 0.271 e. The van der Waals surface area contributed by atoms with Gasteiger partial charge in [-0.3, -0.25) is 19.0 Å². The molecule has 0 radical (unpaired) electrons. The molecular weight excluding hydrogens is 949 g/mol. The fraction of sp³-hybridized carbons (Fsp3) is 0.552. The van der Waals surface area contributed by atoms with Crippen LogP contribution in [-0.4, -0.2) is 67.6 Å². The number of unbranched alkanes of at least 4 members (excludes halogenated alkanes) is 2. The minimum absolute atomic E-state index is 0.323. The van der Waals surface area contributed by atoms with Gasteiger partial charge in [0.25, 0.3) is 11.8 Å². The molecule has 4 aromatic carbocycles. The van der Waals surface area contributed by atoms with Crippen LogP contribution in [0, 0.1) is 0 Å². The fourth-order valence-electron chi connectivity index (χ4n) is 8.75. The van der Waals surface area contributed by atoms with E-state index < -0.39 is 45.1 Å². The third kappa shape index (κ3) is 16.0. The Morgan fingerprint density at radius 3 is 0.806 bits per heavy atom. The molecule has 0 aromatic heterocycles. The van der Waals surface area contributed by atoms with E-state index in [-0.39, 0.29) is 21.7 Å². The number of amides is 2. The molecule has 8 bridgehead atoms. The minimum atomic E-state index is -3.87. The van der Waals surface area contributed by atoms with Crippen molar-refractivity contribution in [1.82, 2.24) is 9.44 Å². The van der Waals surface area contributed by atoms with Crippen LogP contribution in [0.4, 0.5) is 0 Å². The fourth-order valence-corrected chi connectivity index (χ4v) is 9.69. The van der Waals surface area contributed by atoms with Crippen molar-refractivity contribution in [3.8, 4) is 23.0 Å². The predicted octanol–water partition coefficient (Wildman–Crippen LogP) is 10.8. The highest BCUT2D eigenvalue weighted by Crippen LogP contribution is 2.44. The summed E-state index contributed by atoms with van der Waals surface area (Å²) in [5.74, 6) is 0.766. The summed E-state index contributed by atoms with van der Waals surface area (Å²) in [5.41, 5.74) is 9.69. The molecule has 0 aliphatic heterocycles. The summed E-state index contributed by atoms with van der Waals surface area (Å²) in [4.78, 5) is 26.7. The first-order valence-corrected chi connectivity index (χ1v) is 29.1. The summed E-state index contributed by atoms with van der Waals surface area (Å²) < 4.78 is 80.5. The van der Waals surface area contributed by atoms with Gasteiger partial charge in [0.15, 0.2) is 13.2 Å². The Hall–Kier alpha value is -5.08. The molecule has 2 amide bonds. The zero-order valence-electron chi connectivity index (χ0n) is 46.0. The van der Waals surface area contributed by atoms with Crippen molar-refractivity contribution < 1.29 is 45.4 Å². The van der Waals surface area contributed by atoms with E-state index in [0.29, 0.717) is 61.9 Å². The lowest BCUT2D eigenvalue weighted by molar-refractivity contribution is -0.122. The molecule has 2 N–H and O–H groups in total.